The van der Waals surface area contributed by atoms with Crippen LogP contribution in [0.3, 0.4) is 0 Å². The van der Waals surface area contributed by atoms with Gasteiger partial charge < -0.3 is 10.3 Å². The van der Waals surface area contributed by atoms with Gasteiger partial charge in [-0.05, 0) is 7.05 Å². The number of imidazole rings is 1. The van der Waals surface area contributed by atoms with Gasteiger partial charge in [0.25, 0.3) is 0 Å². The molecule has 0 spiro atoms. The first-order valence-corrected chi connectivity index (χ1v) is 3.59. The molecule has 1 rings (SSSR count). The van der Waals surface area contributed by atoms with Crippen LogP contribution in [0.5, 0.6) is 0 Å². The van der Waals surface area contributed by atoms with Crippen LogP contribution in [0, 0.1) is 0 Å². The molecule has 11 heavy (non-hydrogen) atoms. The second-order valence-corrected chi connectivity index (χ2v) is 2.62. The molecular formula is C7H14N4. The number of hydrogen-bond acceptors (Lipinski definition) is 3. The average molecular weight is 154 g/mol. The Morgan fingerprint density at radius 3 is 2.82 bits per heavy atom. The molecule has 1 N–H and O–H groups in total. The molecule has 62 valence electrons. The van der Waals surface area contributed by atoms with E-state index in [0.29, 0.717) is 0 Å². The second-order valence-electron chi connectivity index (χ2n) is 2.62. The Morgan fingerprint density at radius 2 is 2.36 bits per heavy atom. The lowest BCUT2D eigenvalue weighted by atomic mass is 10.5. The number of aromatic nitrogens is 2. The van der Waals surface area contributed by atoms with Crippen LogP contribution in [0.4, 0.5) is 0 Å². The van der Waals surface area contributed by atoms with E-state index in [9.17, 15) is 0 Å². The molecule has 4 nitrogen and oxygen atoms in total. The minimum absolute atomic E-state index is 0.820. The smallest absolute Gasteiger partial charge is 0.114 e. The zero-order valence-electron chi connectivity index (χ0n) is 7.20. The summed E-state index contributed by atoms with van der Waals surface area (Å²) in [5.74, 6) is 0. The molecule has 0 fully saturated rings. The molecular weight excluding hydrogens is 140 g/mol. The molecule has 0 aliphatic heterocycles. The number of hydrogen-bond donors (Lipinski definition) is 1. The number of rotatable bonds is 3. The number of nitrogens with zero attached hydrogens (tertiary/aromatic N) is 3. The summed E-state index contributed by atoms with van der Waals surface area (Å²) < 4.78 is 1.94. The normalized spacial score (nSPS) is 10.1. The zero-order valence-corrected chi connectivity index (χ0v) is 7.20. The van der Waals surface area contributed by atoms with E-state index >= 15 is 0 Å². The Bertz CT molecular complexity index is 216. The first-order chi connectivity index (χ1) is 5.24. The van der Waals surface area contributed by atoms with Gasteiger partial charge in [0.2, 0.25) is 0 Å². The molecule has 4 heteroatoms. The maximum atomic E-state index is 4.19. The summed E-state index contributed by atoms with van der Waals surface area (Å²) >= 11 is 0. The van der Waals surface area contributed by atoms with Crippen molar-refractivity contribution in [2.75, 3.05) is 26.2 Å². The third-order valence-electron chi connectivity index (χ3n) is 1.44. The van der Waals surface area contributed by atoms with Crippen LogP contribution in [0.1, 0.15) is 5.69 Å². The molecule has 0 atom stereocenters. The average Bonchev–Trinajstić information content (AvgIpc) is 2.37. The second kappa shape index (κ2) is 3.39. The van der Waals surface area contributed by atoms with E-state index in [1.54, 1.807) is 6.33 Å². The van der Waals surface area contributed by atoms with Crippen LogP contribution in [-0.2, 0) is 6.54 Å². The van der Waals surface area contributed by atoms with Crippen LogP contribution in [0.2, 0.25) is 0 Å². The largest absolute Gasteiger partial charge is 0.318 e. The van der Waals surface area contributed by atoms with E-state index in [-0.39, 0.29) is 0 Å². The lowest BCUT2D eigenvalue weighted by molar-refractivity contribution is 0.727. The van der Waals surface area contributed by atoms with Crippen molar-refractivity contribution in [1.82, 2.24) is 15.0 Å². The maximum Gasteiger partial charge on any atom is 0.114 e. The molecule has 0 aliphatic carbocycles. The van der Waals surface area contributed by atoms with Crippen molar-refractivity contribution >= 4 is 0 Å². The van der Waals surface area contributed by atoms with Gasteiger partial charge in [-0.15, -0.1) is 0 Å². The predicted octanol–water partition coefficient (Wildman–Crippen LogP) is -0.200. The minimum Gasteiger partial charge on any atom is -0.318 e. The van der Waals surface area contributed by atoms with Gasteiger partial charge in [0.05, 0.1) is 11.9 Å². The molecule has 0 aromatic carbocycles. The summed E-state index contributed by atoms with van der Waals surface area (Å²) in [7, 11) is 5.87. The van der Waals surface area contributed by atoms with Crippen LogP contribution < -0.4 is 10.3 Å². The van der Waals surface area contributed by atoms with Crippen molar-refractivity contribution in [3.05, 3.63) is 18.2 Å². The van der Waals surface area contributed by atoms with Gasteiger partial charge in [0, 0.05) is 20.6 Å². The summed E-state index contributed by atoms with van der Waals surface area (Å²) in [5, 5.41) is 5.01. The standard InChI is InChI=1S/C7H14N4/c1-8-4-7-5-11(6-9-7)10(2)3/h5-6,8H,4H2,1-3H3. The highest BCUT2D eigenvalue weighted by Crippen LogP contribution is 1.93. The van der Waals surface area contributed by atoms with Crippen LogP contribution in [0.25, 0.3) is 0 Å². The molecule has 0 saturated carbocycles. The van der Waals surface area contributed by atoms with E-state index in [1.807, 2.05) is 37.0 Å². The van der Waals surface area contributed by atoms with Crippen LogP contribution in [0.15, 0.2) is 12.5 Å². The highest BCUT2D eigenvalue weighted by atomic mass is 15.5. The fourth-order valence-corrected chi connectivity index (χ4v) is 0.844. The maximum absolute atomic E-state index is 4.19. The summed E-state index contributed by atoms with van der Waals surface area (Å²) in [4.78, 5) is 4.19. The van der Waals surface area contributed by atoms with Crippen molar-refractivity contribution in [3.63, 3.8) is 0 Å². The third kappa shape index (κ3) is 1.94. The monoisotopic (exact) mass is 154 g/mol. The van der Waals surface area contributed by atoms with Crippen molar-refractivity contribution in [2.45, 2.75) is 6.54 Å². The topological polar surface area (TPSA) is 33.1 Å². The Morgan fingerprint density at radius 1 is 1.64 bits per heavy atom. The van der Waals surface area contributed by atoms with Crippen molar-refractivity contribution in [3.8, 4) is 0 Å². The molecule has 0 aliphatic rings. The predicted molar refractivity (Wildman–Crippen MR) is 45.1 cm³/mol. The van der Waals surface area contributed by atoms with Crippen molar-refractivity contribution in [1.29, 1.82) is 0 Å². The summed E-state index contributed by atoms with van der Waals surface area (Å²) in [6.45, 7) is 0.820. The lowest BCUT2D eigenvalue weighted by Crippen LogP contribution is -2.22. The highest BCUT2D eigenvalue weighted by Gasteiger charge is 1.96. The molecule has 1 heterocycles. The van der Waals surface area contributed by atoms with E-state index in [0.717, 1.165) is 12.2 Å². The molecule has 0 unspecified atom stereocenters. The van der Waals surface area contributed by atoms with Gasteiger partial charge in [-0.1, -0.05) is 0 Å². The molecule has 0 amide bonds. The van der Waals surface area contributed by atoms with Crippen molar-refractivity contribution in [2.24, 2.45) is 0 Å². The fourth-order valence-electron chi connectivity index (χ4n) is 0.844. The van der Waals surface area contributed by atoms with Gasteiger partial charge in [-0.2, -0.15) is 0 Å². The summed E-state index contributed by atoms with van der Waals surface area (Å²) in [6.07, 6.45) is 3.79. The van der Waals surface area contributed by atoms with Crippen molar-refractivity contribution < 1.29 is 0 Å². The van der Waals surface area contributed by atoms with Gasteiger partial charge in [-0.3, -0.25) is 4.68 Å². The van der Waals surface area contributed by atoms with Crippen LogP contribution >= 0.6 is 0 Å². The fraction of sp³-hybridized carbons (Fsp3) is 0.571. The summed E-state index contributed by atoms with van der Waals surface area (Å²) in [6, 6.07) is 0. The van der Waals surface area contributed by atoms with E-state index < -0.39 is 0 Å². The first-order valence-electron chi connectivity index (χ1n) is 3.59. The number of nitrogens with one attached hydrogen (secondary N) is 1. The Balaban J connectivity index is 2.66. The Kier molecular flexibility index (Phi) is 2.48. The molecule has 0 radical (unpaired) electrons. The molecule has 1 aromatic rings. The highest BCUT2D eigenvalue weighted by molar-refractivity contribution is 4.98. The first kappa shape index (κ1) is 8.07. The van der Waals surface area contributed by atoms with E-state index in [2.05, 4.69) is 10.3 Å². The van der Waals surface area contributed by atoms with Gasteiger partial charge in [-0.25, -0.2) is 4.98 Å². The Labute approximate surface area is 66.8 Å². The van der Waals surface area contributed by atoms with Gasteiger partial charge >= 0.3 is 0 Å². The lowest BCUT2D eigenvalue weighted by Gasteiger charge is -2.11. The summed E-state index contributed by atoms with van der Waals surface area (Å²) in [5.41, 5.74) is 1.06. The quantitative estimate of drug-likeness (QED) is 0.654. The van der Waals surface area contributed by atoms with E-state index in [4.69, 9.17) is 0 Å². The molecule has 1 aromatic heterocycles. The van der Waals surface area contributed by atoms with E-state index in [1.165, 1.54) is 0 Å². The zero-order chi connectivity index (χ0) is 8.27. The molecule has 0 bridgehead atoms. The van der Waals surface area contributed by atoms with Gasteiger partial charge in [0.1, 0.15) is 6.33 Å². The van der Waals surface area contributed by atoms with Crippen LogP contribution in [-0.4, -0.2) is 30.8 Å². The minimum atomic E-state index is 0.820. The van der Waals surface area contributed by atoms with Gasteiger partial charge in [0.15, 0.2) is 0 Å². The third-order valence-corrected chi connectivity index (χ3v) is 1.44. The molecule has 0 saturated heterocycles. The Hall–Kier alpha value is -1.03. The SMILES string of the molecule is CNCc1cn(N(C)C)cn1.